The minimum atomic E-state index is -0.221. The van der Waals surface area contributed by atoms with Gasteiger partial charge in [-0.25, -0.2) is 4.98 Å². The number of nitrogens with one attached hydrogen (secondary N) is 1. The number of carbonyl (C=O) groups is 2. The van der Waals surface area contributed by atoms with Crippen LogP contribution in [0.1, 0.15) is 74.5 Å². The van der Waals surface area contributed by atoms with Gasteiger partial charge in [0.1, 0.15) is 12.4 Å². The number of hydrogen-bond acceptors (Lipinski definition) is 5. The van der Waals surface area contributed by atoms with Crippen LogP contribution >= 0.6 is 0 Å². The molecule has 0 bridgehead atoms. The second kappa shape index (κ2) is 9.29. The van der Waals surface area contributed by atoms with E-state index in [-0.39, 0.29) is 30.0 Å². The Labute approximate surface area is 177 Å². The molecule has 1 aromatic rings. The molecule has 164 valence electrons. The lowest BCUT2D eigenvalue weighted by Crippen LogP contribution is -2.43. The first-order valence-corrected chi connectivity index (χ1v) is 11.2. The molecular weight excluding hydrogens is 384 g/mol. The molecular formula is C22H32N4O4. The van der Waals surface area contributed by atoms with Crippen LogP contribution in [0.5, 0.6) is 0 Å². The SMILES string of the molecule is COCC(=O)N1CCCCC1c1nc2c(c(=O)[nH]1)CN(C(=O)CC1CCCC1)CC2. The monoisotopic (exact) mass is 416 g/mol. The van der Waals surface area contributed by atoms with Gasteiger partial charge in [-0.15, -0.1) is 0 Å². The lowest BCUT2D eigenvalue weighted by atomic mass is 9.99. The summed E-state index contributed by atoms with van der Waals surface area (Å²) in [5.41, 5.74) is 1.18. The summed E-state index contributed by atoms with van der Waals surface area (Å²) >= 11 is 0. The van der Waals surface area contributed by atoms with E-state index in [2.05, 4.69) is 4.98 Å². The number of nitrogens with zero attached hydrogens (tertiary/aromatic N) is 3. The first-order chi connectivity index (χ1) is 14.6. The molecule has 8 nitrogen and oxygen atoms in total. The van der Waals surface area contributed by atoms with Gasteiger partial charge < -0.3 is 19.5 Å². The molecule has 30 heavy (non-hydrogen) atoms. The molecule has 2 aliphatic heterocycles. The lowest BCUT2D eigenvalue weighted by molar-refractivity contribution is -0.139. The minimum absolute atomic E-state index is 0.0315. The molecule has 1 aromatic heterocycles. The number of likely N-dealkylation sites (tertiary alicyclic amines) is 1. The number of hydrogen-bond donors (Lipinski definition) is 1. The molecule has 2 fully saturated rings. The van der Waals surface area contributed by atoms with E-state index in [0.717, 1.165) is 37.8 Å². The average molecular weight is 417 g/mol. The van der Waals surface area contributed by atoms with Crippen molar-refractivity contribution in [1.82, 2.24) is 19.8 Å². The molecule has 1 aliphatic carbocycles. The second-order valence-electron chi connectivity index (χ2n) is 8.83. The van der Waals surface area contributed by atoms with Gasteiger partial charge in [0.05, 0.1) is 23.8 Å². The van der Waals surface area contributed by atoms with Gasteiger partial charge >= 0.3 is 0 Å². The maximum Gasteiger partial charge on any atom is 0.256 e. The third-order valence-electron chi connectivity index (χ3n) is 6.78. The van der Waals surface area contributed by atoms with Gasteiger partial charge in [-0.05, 0) is 38.0 Å². The molecule has 1 unspecified atom stereocenters. The van der Waals surface area contributed by atoms with Crippen LogP contribution in [0.3, 0.4) is 0 Å². The van der Waals surface area contributed by atoms with E-state index >= 15 is 0 Å². The van der Waals surface area contributed by atoms with Crippen LogP contribution in [-0.2, 0) is 27.3 Å². The van der Waals surface area contributed by atoms with Crippen molar-refractivity contribution in [3.63, 3.8) is 0 Å². The van der Waals surface area contributed by atoms with Crippen molar-refractivity contribution in [2.45, 2.75) is 70.4 Å². The first kappa shape index (κ1) is 21.0. The Morgan fingerprint density at radius 2 is 1.87 bits per heavy atom. The fourth-order valence-corrected chi connectivity index (χ4v) is 5.13. The molecule has 3 aliphatic rings. The fraction of sp³-hybridized carbons (Fsp3) is 0.727. The van der Waals surface area contributed by atoms with Crippen LogP contribution in [-0.4, -0.2) is 58.4 Å². The Bertz CT molecular complexity index is 846. The first-order valence-electron chi connectivity index (χ1n) is 11.2. The molecule has 0 aromatic carbocycles. The van der Waals surface area contributed by atoms with E-state index in [1.807, 2.05) is 4.90 Å². The maximum atomic E-state index is 12.9. The summed E-state index contributed by atoms with van der Waals surface area (Å²) in [4.78, 5) is 49.3. The zero-order chi connectivity index (χ0) is 21.1. The molecule has 1 N–H and O–H groups in total. The highest BCUT2D eigenvalue weighted by molar-refractivity contribution is 5.78. The summed E-state index contributed by atoms with van der Waals surface area (Å²) < 4.78 is 5.02. The van der Waals surface area contributed by atoms with Crippen LogP contribution < -0.4 is 5.56 Å². The van der Waals surface area contributed by atoms with Gasteiger partial charge in [0.15, 0.2) is 0 Å². The Hall–Kier alpha value is -2.22. The zero-order valence-electron chi connectivity index (χ0n) is 17.8. The van der Waals surface area contributed by atoms with E-state index < -0.39 is 0 Å². The molecule has 8 heteroatoms. The van der Waals surface area contributed by atoms with Crippen LogP contribution in [0, 0.1) is 5.92 Å². The van der Waals surface area contributed by atoms with Crippen molar-refractivity contribution in [3.05, 3.63) is 27.4 Å². The van der Waals surface area contributed by atoms with Crippen molar-refractivity contribution < 1.29 is 14.3 Å². The van der Waals surface area contributed by atoms with E-state index in [1.165, 1.54) is 20.0 Å². The molecule has 1 saturated carbocycles. The zero-order valence-corrected chi connectivity index (χ0v) is 17.8. The Balaban J connectivity index is 1.50. The van der Waals surface area contributed by atoms with E-state index in [1.54, 1.807) is 4.90 Å². The van der Waals surface area contributed by atoms with Crippen LogP contribution in [0.2, 0.25) is 0 Å². The lowest BCUT2D eigenvalue weighted by Gasteiger charge is -2.35. The predicted octanol–water partition coefficient (Wildman–Crippen LogP) is 1.93. The van der Waals surface area contributed by atoms with Gasteiger partial charge in [-0.2, -0.15) is 0 Å². The molecule has 0 spiro atoms. The normalized spacial score (nSPS) is 22.2. The van der Waals surface area contributed by atoms with Gasteiger partial charge in [-0.3, -0.25) is 14.4 Å². The number of carbonyl (C=O) groups excluding carboxylic acids is 2. The Morgan fingerprint density at radius 1 is 1.10 bits per heavy atom. The van der Waals surface area contributed by atoms with Gasteiger partial charge in [-0.1, -0.05) is 12.8 Å². The third-order valence-corrected chi connectivity index (χ3v) is 6.78. The number of H-pyrrole nitrogens is 1. The second-order valence-corrected chi connectivity index (χ2v) is 8.83. The highest BCUT2D eigenvalue weighted by atomic mass is 16.5. The molecule has 0 radical (unpaired) electrons. The molecule has 3 heterocycles. The maximum absolute atomic E-state index is 12.9. The predicted molar refractivity (Wildman–Crippen MR) is 111 cm³/mol. The largest absolute Gasteiger partial charge is 0.375 e. The molecule has 1 saturated heterocycles. The standard InChI is InChI=1S/C22H32N4O4/c1-30-14-20(28)26-10-5-4-8-18(26)21-23-17-9-11-25(13-16(17)22(29)24-21)19(27)12-15-6-2-3-7-15/h15,18H,2-14H2,1H3,(H,23,24,29). The van der Waals surface area contributed by atoms with Crippen molar-refractivity contribution in [1.29, 1.82) is 0 Å². The summed E-state index contributed by atoms with van der Waals surface area (Å²) in [6, 6.07) is -0.221. The Kier molecular flexibility index (Phi) is 6.51. The van der Waals surface area contributed by atoms with Gasteiger partial charge in [0.25, 0.3) is 5.56 Å². The summed E-state index contributed by atoms with van der Waals surface area (Å²) in [5, 5.41) is 0. The number of piperidine rings is 1. The Morgan fingerprint density at radius 3 is 2.63 bits per heavy atom. The van der Waals surface area contributed by atoms with Crippen LogP contribution in [0.25, 0.3) is 0 Å². The highest BCUT2D eigenvalue weighted by Gasteiger charge is 2.32. The quantitative estimate of drug-likeness (QED) is 0.791. The van der Waals surface area contributed by atoms with Crippen molar-refractivity contribution >= 4 is 11.8 Å². The smallest absolute Gasteiger partial charge is 0.256 e. The van der Waals surface area contributed by atoms with Crippen LogP contribution in [0.4, 0.5) is 0 Å². The summed E-state index contributed by atoms with van der Waals surface area (Å²) in [6.07, 6.45) is 8.62. The summed E-state index contributed by atoms with van der Waals surface area (Å²) in [6.45, 7) is 1.62. The molecule has 1 atom stereocenters. The number of aromatic amines is 1. The number of aromatic nitrogens is 2. The van der Waals surface area contributed by atoms with Crippen molar-refractivity contribution in [3.8, 4) is 0 Å². The third kappa shape index (κ3) is 4.43. The summed E-state index contributed by atoms with van der Waals surface area (Å²) in [7, 11) is 1.51. The van der Waals surface area contributed by atoms with E-state index in [0.29, 0.717) is 49.8 Å². The van der Waals surface area contributed by atoms with Gasteiger partial charge in [0, 0.05) is 33.0 Å². The number of amides is 2. The van der Waals surface area contributed by atoms with E-state index in [9.17, 15) is 14.4 Å². The fourth-order valence-electron chi connectivity index (χ4n) is 5.13. The molecule has 4 rings (SSSR count). The number of rotatable bonds is 5. The number of methoxy groups -OCH3 is 1. The van der Waals surface area contributed by atoms with Crippen molar-refractivity contribution in [2.24, 2.45) is 5.92 Å². The topological polar surface area (TPSA) is 95.6 Å². The summed E-state index contributed by atoms with van der Waals surface area (Å²) in [5.74, 6) is 1.14. The van der Waals surface area contributed by atoms with Crippen molar-refractivity contribution in [2.75, 3.05) is 26.8 Å². The molecule has 2 amide bonds. The highest BCUT2D eigenvalue weighted by Crippen LogP contribution is 2.30. The average Bonchev–Trinajstić information content (AvgIpc) is 3.26. The van der Waals surface area contributed by atoms with Crippen LogP contribution in [0.15, 0.2) is 4.79 Å². The minimum Gasteiger partial charge on any atom is -0.375 e. The van der Waals surface area contributed by atoms with E-state index in [4.69, 9.17) is 9.72 Å². The number of ether oxygens (including phenoxy) is 1. The van der Waals surface area contributed by atoms with Gasteiger partial charge in [0.2, 0.25) is 11.8 Å². The number of fused-ring (bicyclic) bond motifs is 1.